The largest absolute Gasteiger partial charge is 0.384 e. The van der Waals surface area contributed by atoms with Gasteiger partial charge >= 0.3 is 0 Å². The minimum Gasteiger partial charge on any atom is -0.384 e. The first-order valence-electron chi connectivity index (χ1n) is 7.62. The minimum atomic E-state index is -0.357. The van der Waals surface area contributed by atoms with Crippen LogP contribution < -0.4 is 11.1 Å². The van der Waals surface area contributed by atoms with Gasteiger partial charge in [-0.2, -0.15) is 0 Å². The monoisotopic (exact) mass is 310 g/mol. The van der Waals surface area contributed by atoms with Crippen LogP contribution in [0.2, 0.25) is 0 Å². The van der Waals surface area contributed by atoms with Crippen molar-refractivity contribution in [1.82, 2.24) is 4.98 Å². The predicted molar refractivity (Wildman–Crippen MR) is 92.7 cm³/mol. The molecular formula is C17H18N4O2. The van der Waals surface area contributed by atoms with Gasteiger partial charge in [0.25, 0.3) is 5.69 Å². The maximum Gasteiger partial charge on any atom is 0.280 e. The van der Waals surface area contributed by atoms with Crippen LogP contribution in [0, 0.1) is 10.1 Å². The van der Waals surface area contributed by atoms with E-state index >= 15 is 0 Å². The average molecular weight is 310 g/mol. The van der Waals surface area contributed by atoms with Gasteiger partial charge in [-0.15, -0.1) is 0 Å². The van der Waals surface area contributed by atoms with Crippen LogP contribution >= 0.6 is 0 Å². The summed E-state index contributed by atoms with van der Waals surface area (Å²) < 4.78 is 0. The van der Waals surface area contributed by atoms with Gasteiger partial charge in [0.15, 0.2) is 0 Å². The number of hydrogen-bond donors (Lipinski definition) is 2. The molecule has 0 aliphatic carbocycles. The molecule has 2 aromatic carbocycles. The lowest BCUT2D eigenvalue weighted by molar-refractivity contribution is -0.383. The first-order chi connectivity index (χ1) is 11.2. The number of aromatic nitrogens is 1. The van der Waals surface area contributed by atoms with Crippen molar-refractivity contribution in [2.24, 2.45) is 5.73 Å². The van der Waals surface area contributed by atoms with Gasteiger partial charge in [0.1, 0.15) is 5.39 Å². The Morgan fingerprint density at radius 2 is 1.87 bits per heavy atom. The number of nitro groups is 1. The van der Waals surface area contributed by atoms with Crippen LogP contribution in [0.15, 0.2) is 42.5 Å². The number of non-ortho nitro benzene ring substituents is 1. The van der Waals surface area contributed by atoms with E-state index in [2.05, 4.69) is 10.3 Å². The Morgan fingerprint density at radius 1 is 1.09 bits per heavy atom. The zero-order valence-electron chi connectivity index (χ0n) is 12.7. The summed E-state index contributed by atoms with van der Waals surface area (Å²) in [6, 6.07) is 12.7. The highest BCUT2D eigenvalue weighted by Gasteiger charge is 2.18. The summed E-state index contributed by atoms with van der Waals surface area (Å²) in [6.07, 6.45) is 1.82. The maximum atomic E-state index is 11.4. The molecule has 1 heterocycles. The van der Waals surface area contributed by atoms with Gasteiger partial charge in [-0.05, 0) is 31.5 Å². The highest BCUT2D eigenvalue weighted by molar-refractivity contribution is 6.11. The van der Waals surface area contributed by atoms with Crippen LogP contribution in [0.5, 0.6) is 0 Å². The summed E-state index contributed by atoms with van der Waals surface area (Å²) in [6.45, 7) is 1.35. The number of fused-ring (bicyclic) bond motifs is 2. The minimum absolute atomic E-state index is 0.0714. The topological polar surface area (TPSA) is 94.1 Å². The molecule has 3 rings (SSSR count). The second kappa shape index (κ2) is 6.58. The lowest BCUT2D eigenvalue weighted by atomic mass is 10.1. The van der Waals surface area contributed by atoms with Crippen molar-refractivity contribution in [3.8, 4) is 0 Å². The number of pyridine rings is 1. The Balaban J connectivity index is 2.22. The van der Waals surface area contributed by atoms with E-state index in [-0.39, 0.29) is 10.6 Å². The molecule has 0 atom stereocenters. The summed E-state index contributed by atoms with van der Waals surface area (Å²) >= 11 is 0. The summed E-state index contributed by atoms with van der Waals surface area (Å²) in [4.78, 5) is 15.6. The van der Waals surface area contributed by atoms with Crippen molar-refractivity contribution in [3.05, 3.63) is 52.6 Å². The van der Waals surface area contributed by atoms with Crippen LogP contribution in [0.1, 0.15) is 12.8 Å². The SMILES string of the molecule is NCCCCNc1c2ccccc2nc2cccc([N+](=O)[O-])c12. The third-order valence-corrected chi connectivity index (χ3v) is 3.81. The summed E-state index contributed by atoms with van der Waals surface area (Å²) in [5, 5.41) is 16.2. The number of benzene rings is 2. The number of nitrogens with zero attached hydrogens (tertiary/aromatic N) is 2. The van der Waals surface area contributed by atoms with Crippen molar-refractivity contribution in [2.75, 3.05) is 18.4 Å². The van der Waals surface area contributed by atoms with Gasteiger partial charge in [0, 0.05) is 18.0 Å². The predicted octanol–water partition coefficient (Wildman–Crippen LogP) is 3.45. The van der Waals surface area contributed by atoms with E-state index in [4.69, 9.17) is 5.73 Å². The molecule has 0 saturated carbocycles. The standard InChI is InChI=1S/C17H18N4O2/c18-10-3-4-11-19-17-12-6-1-2-7-13(12)20-14-8-5-9-15(16(14)17)21(22)23/h1-2,5-9H,3-4,10-11,18H2,(H,19,20). The molecule has 0 unspecified atom stereocenters. The van der Waals surface area contributed by atoms with E-state index in [0.717, 1.165) is 29.4 Å². The number of unbranched alkanes of at least 4 members (excludes halogenated alkanes) is 1. The smallest absolute Gasteiger partial charge is 0.280 e. The van der Waals surface area contributed by atoms with Crippen LogP contribution in [-0.4, -0.2) is 23.0 Å². The molecule has 0 spiro atoms. The molecule has 0 aliphatic rings. The molecule has 0 bridgehead atoms. The normalized spacial score (nSPS) is 11.0. The highest BCUT2D eigenvalue weighted by atomic mass is 16.6. The van der Waals surface area contributed by atoms with Crippen molar-refractivity contribution < 1.29 is 4.92 Å². The first kappa shape index (κ1) is 15.2. The van der Waals surface area contributed by atoms with Crippen LogP contribution in [0.4, 0.5) is 11.4 Å². The van der Waals surface area contributed by atoms with Gasteiger partial charge in [0.2, 0.25) is 0 Å². The zero-order valence-corrected chi connectivity index (χ0v) is 12.7. The third-order valence-electron chi connectivity index (χ3n) is 3.81. The Labute approximate surface area is 133 Å². The number of rotatable bonds is 6. The fourth-order valence-corrected chi connectivity index (χ4v) is 2.74. The number of nitrogens with two attached hydrogens (primary N) is 1. The first-order valence-corrected chi connectivity index (χ1v) is 7.62. The second-order valence-corrected chi connectivity index (χ2v) is 5.35. The second-order valence-electron chi connectivity index (χ2n) is 5.35. The molecule has 23 heavy (non-hydrogen) atoms. The summed E-state index contributed by atoms with van der Waals surface area (Å²) in [5.41, 5.74) is 7.82. The number of anilines is 1. The number of nitro benzene ring substituents is 1. The van der Waals surface area contributed by atoms with E-state index in [9.17, 15) is 10.1 Å². The molecule has 3 N–H and O–H groups in total. The molecule has 0 radical (unpaired) electrons. The number of para-hydroxylation sites is 1. The molecule has 0 fully saturated rings. The van der Waals surface area contributed by atoms with Gasteiger partial charge < -0.3 is 11.1 Å². The molecule has 0 amide bonds. The van der Waals surface area contributed by atoms with Crippen molar-refractivity contribution in [3.63, 3.8) is 0 Å². The van der Waals surface area contributed by atoms with E-state index < -0.39 is 0 Å². The lowest BCUT2D eigenvalue weighted by Crippen LogP contribution is -2.07. The third kappa shape index (κ3) is 2.93. The molecular weight excluding hydrogens is 292 g/mol. The van der Waals surface area contributed by atoms with E-state index in [1.807, 2.05) is 24.3 Å². The van der Waals surface area contributed by atoms with Gasteiger partial charge in [-0.1, -0.05) is 24.3 Å². The van der Waals surface area contributed by atoms with Crippen molar-refractivity contribution in [2.45, 2.75) is 12.8 Å². The Hall–Kier alpha value is -2.73. The maximum absolute atomic E-state index is 11.4. The van der Waals surface area contributed by atoms with Crippen molar-refractivity contribution in [1.29, 1.82) is 0 Å². The van der Waals surface area contributed by atoms with Crippen LogP contribution in [0.25, 0.3) is 21.8 Å². The average Bonchev–Trinajstić information content (AvgIpc) is 2.57. The van der Waals surface area contributed by atoms with Crippen molar-refractivity contribution >= 4 is 33.2 Å². The Morgan fingerprint density at radius 3 is 2.65 bits per heavy atom. The number of nitrogens with one attached hydrogen (secondary N) is 1. The molecule has 6 heteroatoms. The molecule has 1 aromatic heterocycles. The molecule has 0 saturated heterocycles. The van der Waals surface area contributed by atoms with Crippen LogP contribution in [-0.2, 0) is 0 Å². The van der Waals surface area contributed by atoms with E-state index in [0.29, 0.717) is 24.0 Å². The quantitative estimate of drug-likeness (QED) is 0.315. The van der Waals surface area contributed by atoms with Crippen LogP contribution in [0.3, 0.4) is 0 Å². The highest BCUT2D eigenvalue weighted by Crippen LogP contribution is 2.36. The zero-order chi connectivity index (χ0) is 16.2. The van der Waals surface area contributed by atoms with Gasteiger partial charge in [0.05, 0.1) is 21.6 Å². The van der Waals surface area contributed by atoms with Gasteiger partial charge in [-0.3, -0.25) is 10.1 Å². The fraction of sp³-hybridized carbons (Fsp3) is 0.235. The molecule has 6 nitrogen and oxygen atoms in total. The molecule has 3 aromatic rings. The van der Waals surface area contributed by atoms with E-state index in [1.165, 1.54) is 6.07 Å². The Kier molecular flexibility index (Phi) is 4.34. The summed E-state index contributed by atoms with van der Waals surface area (Å²) in [7, 11) is 0. The number of hydrogen-bond acceptors (Lipinski definition) is 5. The summed E-state index contributed by atoms with van der Waals surface area (Å²) in [5.74, 6) is 0. The Bertz CT molecular complexity index is 864. The molecule has 0 aliphatic heterocycles. The fourth-order valence-electron chi connectivity index (χ4n) is 2.74. The van der Waals surface area contributed by atoms with Gasteiger partial charge in [-0.25, -0.2) is 4.98 Å². The van der Waals surface area contributed by atoms with E-state index in [1.54, 1.807) is 12.1 Å². The molecule has 118 valence electrons. The lowest BCUT2D eigenvalue weighted by Gasteiger charge is -2.13.